The van der Waals surface area contributed by atoms with Gasteiger partial charge in [0.1, 0.15) is 17.2 Å². The predicted octanol–water partition coefficient (Wildman–Crippen LogP) is 2.49. The molecule has 126 valence electrons. The summed E-state index contributed by atoms with van der Waals surface area (Å²) in [5, 5.41) is 2.85. The van der Waals surface area contributed by atoms with E-state index in [4.69, 9.17) is 4.74 Å². The van der Waals surface area contributed by atoms with Crippen LogP contribution in [0.5, 0.6) is 5.75 Å². The van der Waals surface area contributed by atoms with Crippen LogP contribution in [0.15, 0.2) is 47.4 Å². The Labute approximate surface area is 144 Å². The Bertz CT molecular complexity index is 1040. The Kier molecular flexibility index (Phi) is 3.53. The highest BCUT2D eigenvalue weighted by atomic mass is 16.5. The topological polar surface area (TPSA) is 72.7 Å². The first kappa shape index (κ1) is 15.4. The number of rotatable bonds is 2. The molecule has 4 rings (SSSR count). The number of aryl methyl sites for hydroxylation is 1. The lowest BCUT2D eigenvalue weighted by atomic mass is 9.86. The summed E-state index contributed by atoms with van der Waals surface area (Å²) in [5.41, 5.74) is 2.55. The van der Waals surface area contributed by atoms with E-state index in [1.54, 1.807) is 11.5 Å². The molecular weight excluding hydrogens is 318 g/mol. The number of amides is 1. The molecule has 3 heterocycles. The lowest BCUT2D eigenvalue weighted by Gasteiger charge is -2.26. The number of ether oxygens (including phenoxy) is 1. The van der Waals surface area contributed by atoms with Gasteiger partial charge >= 0.3 is 0 Å². The normalized spacial score (nSPS) is 16.4. The number of nitrogens with one attached hydrogen (secondary N) is 1. The fourth-order valence-corrected chi connectivity index (χ4v) is 3.35. The van der Waals surface area contributed by atoms with Crippen LogP contribution in [0.1, 0.15) is 29.0 Å². The molecule has 1 aromatic carbocycles. The molecule has 2 aromatic heterocycles. The van der Waals surface area contributed by atoms with E-state index >= 15 is 0 Å². The van der Waals surface area contributed by atoms with Crippen LogP contribution in [0.2, 0.25) is 0 Å². The molecule has 6 heteroatoms. The molecule has 0 bridgehead atoms. The number of carbonyl (C=O) groups is 1. The third-order valence-electron chi connectivity index (χ3n) is 4.61. The van der Waals surface area contributed by atoms with Crippen molar-refractivity contribution in [2.45, 2.75) is 19.3 Å². The number of benzene rings is 1. The highest BCUT2D eigenvalue weighted by Gasteiger charge is 2.31. The minimum Gasteiger partial charge on any atom is -0.497 e. The van der Waals surface area contributed by atoms with Crippen molar-refractivity contribution in [3.63, 3.8) is 0 Å². The number of pyridine rings is 1. The van der Waals surface area contributed by atoms with Gasteiger partial charge in [0.2, 0.25) is 5.91 Å². The molecule has 1 amide bonds. The zero-order valence-corrected chi connectivity index (χ0v) is 13.9. The standard InChI is InChI=1S/C19H17N3O3/c1-11-4-3-9-22-17(11)21-19(24)16-14(10-15(23)20-18(16)22)12-5-7-13(25-2)8-6-12/h3-9,14H,10H2,1-2H3,(H,20,23)/t14-/m1/s1. The van der Waals surface area contributed by atoms with Crippen LogP contribution in [0.3, 0.4) is 0 Å². The predicted molar refractivity (Wildman–Crippen MR) is 94.3 cm³/mol. The molecule has 3 aromatic rings. The second-order valence-corrected chi connectivity index (χ2v) is 6.14. The average molecular weight is 335 g/mol. The van der Waals surface area contributed by atoms with Gasteiger partial charge in [-0.2, -0.15) is 4.98 Å². The van der Waals surface area contributed by atoms with Gasteiger partial charge in [0, 0.05) is 18.5 Å². The summed E-state index contributed by atoms with van der Waals surface area (Å²) in [6, 6.07) is 11.2. The van der Waals surface area contributed by atoms with Gasteiger partial charge in [-0.25, -0.2) is 0 Å². The van der Waals surface area contributed by atoms with Gasteiger partial charge in [0.25, 0.3) is 5.56 Å². The SMILES string of the molecule is COc1ccc([C@H]2CC(=O)Nc3c2c(=O)nc2c(C)cccn32)cc1. The van der Waals surface area contributed by atoms with Crippen molar-refractivity contribution in [1.29, 1.82) is 0 Å². The summed E-state index contributed by atoms with van der Waals surface area (Å²) in [6.45, 7) is 1.89. The highest BCUT2D eigenvalue weighted by Crippen LogP contribution is 2.35. The summed E-state index contributed by atoms with van der Waals surface area (Å²) in [4.78, 5) is 29.3. The third-order valence-corrected chi connectivity index (χ3v) is 4.61. The van der Waals surface area contributed by atoms with E-state index in [1.807, 2.05) is 49.5 Å². The maximum absolute atomic E-state index is 12.7. The van der Waals surface area contributed by atoms with Gasteiger partial charge in [-0.3, -0.25) is 14.0 Å². The molecule has 0 saturated carbocycles. The average Bonchev–Trinajstić information content (AvgIpc) is 2.62. The molecule has 0 spiro atoms. The Hall–Kier alpha value is -3.15. The molecule has 0 unspecified atom stereocenters. The summed E-state index contributed by atoms with van der Waals surface area (Å²) in [7, 11) is 1.60. The summed E-state index contributed by atoms with van der Waals surface area (Å²) in [5.74, 6) is 0.797. The maximum atomic E-state index is 12.7. The molecule has 1 atom stereocenters. The van der Waals surface area contributed by atoms with Gasteiger partial charge in [0.05, 0.1) is 12.7 Å². The second-order valence-electron chi connectivity index (χ2n) is 6.14. The molecule has 0 saturated heterocycles. The second kappa shape index (κ2) is 5.73. The number of nitrogens with zero attached hydrogens (tertiary/aromatic N) is 2. The van der Waals surface area contributed by atoms with Crippen LogP contribution in [0, 0.1) is 6.92 Å². The molecule has 1 N–H and O–H groups in total. The third kappa shape index (κ3) is 2.46. The van der Waals surface area contributed by atoms with Crippen molar-refractivity contribution in [3.05, 3.63) is 69.6 Å². The van der Waals surface area contributed by atoms with Crippen LogP contribution < -0.4 is 15.6 Å². The van der Waals surface area contributed by atoms with Crippen LogP contribution in [0.25, 0.3) is 5.65 Å². The summed E-state index contributed by atoms with van der Waals surface area (Å²) in [6.07, 6.45) is 2.03. The Morgan fingerprint density at radius 2 is 1.96 bits per heavy atom. The number of carbonyl (C=O) groups excluding carboxylic acids is 1. The van der Waals surface area contributed by atoms with Crippen molar-refractivity contribution in [1.82, 2.24) is 9.38 Å². The van der Waals surface area contributed by atoms with Crippen LogP contribution >= 0.6 is 0 Å². The van der Waals surface area contributed by atoms with Crippen molar-refractivity contribution in [3.8, 4) is 5.75 Å². The first-order chi connectivity index (χ1) is 12.1. The van der Waals surface area contributed by atoms with Crippen LogP contribution in [0.4, 0.5) is 5.82 Å². The highest BCUT2D eigenvalue weighted by molar-refractivity contribution is 5.94. The van der Waals surface area contributed by atoms with Gasteiger partial charge in [-0.1, -0.05) is 18.2 Å². The van der Waals surface area contributed by atoms with Crippen LogP contribution in [-0.4, -0.2) is 22.4 Å². The lowest BCUT2D eigenvalue weighted by molar-refractivity contribution is -0.116. The number of hydrogen-bond acceptors (Lipinski definition) is 4. The van der Waals surface area contributed by atoms with Gasteiger partial charge in [0.15, 0.2) is 0 Å². The fourth-order valence-electron chi connectivity index (χ4n) is 3.35. The van der Waals surface area contributed by atoms with Gasteiger partial charge in [-0.05, 0) is 36.2 Å². The number of anilines is 1. The largest absolute Gasteiger partial charge is 0.497 e. The Morgan fingerprint density at radius 1 is 1.20 bits per heavy atom. The first-order valence-electron chi connectivity index (χ1n) is 8.04. The lowest BCUT2D eigenvalue weighted by Crippen LogP contribution is -2.32. The van der Waals surface area contributed by atoms with Crippen LogP contribution in [-0.2, 0) is 4.79 Å². The molecule has 0 fully saturated rings. The van der Waals surface area contributed by atoms with Crippen molar-refractivity contribution in [2.24, 2.45) is 0 Å². The quantitative estimate of drug-likeness (QED) is 0.781. The molecule has 6 nitrogen and oxygen atoms in total. The fraction of sp³-hybridized carbons (Fsp3) is 0.211. The molecule has 25 heavy (non-hydrogen) atoms. The van der Waals surface area contributed by atoms with E-state index in [2.05, 4.69) is 10.3 Å². The maximum Gasteiger partial charge on any atom is 0.279 e. The molecule has 1 aliphatic rings. The number of methoxy groups -OCH3 is 1. The number of hydrogen-bond donors (Lipinski definition) is 1. The van der Waals surface area contributed by atoms with E-state index in [0.29, 0.717) is 17.0 Å². The zero-order valence-electron chi connectivity index (χ0n) is 13.9. The Balaban J connectivity index is 1.96. The van der Waals surface area contributed by atoms with E-state index in [1.165, 1.54) is 0 Å². The molecular formula is C19H17N3O3. The van der Waals surface area contributed by atoms with E-state index in [9.17, 15) is 9.59 Å². The first-order valence-corrected chi connectivity index (χ1v) is 8.04. The van der Waals surface area contributed by atoms with Crippen molar-refractivity contribution in [2.75, 3.05) is 12.4 Å². The number of fused-ring (bicyclic) bond motifs is 3. The minimum atomic E-state index is -0.327. The smallest absolute Gasteiger partial charge is 0.279 e. The minimum absolute atomic E-state index is 0.116. The molecule has 0 radical (unpaired) electrons. The zero-order chi connectivity index (χ0) is 17.6. The molecule has 0 aliphatic carbocycles. The summed E-state index contributed by atoms with van der Waals surface area (Å²) >= 11 is 0. The monoisotopic (exact) mass is 335 g/mol. The van der Waals surface area contributed by atoms with Crippen molar-refractivity contribution < 1.29 is 9.53 Å². The van der Waals surface area contributed by atoms with E-state index in [-0.39, 0.29) is 23.8 Å². The van der Waals surface area contributed by atoms with E-state index in [0.717, 1.165) is 16.9 Å². The van der Waals surface area contributed by atoms with E-state index < -0.39 is 0 Å². The number of aromatic nitrogens is 2. The van der Waals surface area contributed by atoms with Crippen molar-refractivity contribution >= 4 is 17.4 Å². The molecule has 1 aliphatic heterocycles. The van der Waals surface area contributed by atoms with Gasteiger partial charge < -0.3 is 10.1 Å². The Morgan fingerprint density at radius 3 is 2.68 bits per heavy atom. The van der Waals surface area contributed by atoms with Gasteiger partial charge in [-0.15, -0.1) is 0 Å². The summed E-state index contributed by atoms with van der Waals surface area (Å²) < 4.78 is 6.96.